The predicted molar refractivity (Wildman–Crippen MR) is 122 cm³/mol. The number of nitrogens with zero attached hydrogens (tertiary/aromatic N) is 3. The molecular weight excluding hydrogens is 372 g/mol. The third kappa shape index (κ3) is 4.68. The number of hydrogen-bond acceptors (Lipinski definition) is 4. The summed E-state index contributed by atoms with van der Waals surface area (Å²) in [6.07, 6.45) is 8.40. The molecule has 1 aromatic carbocycles. The van der Waals surface area contributed by atoms with Crippen molar-refractivity contribution in [1.29, 1.82) is 0 Å². The largest absolute Gasteiger partial charge is 0.352 e. The molecule has 1 unspecified atom stereocenters. The quantitative estimate of drug-likeness (QED) is 0.612. The van der Waals surface area contributed by atoms with Crippen LogP contribution < -0.4 is 5.32 Å². The topological polar surface area (TPSA) is 58.1 Å². The highest BCUT2D eigenvalue weighted by molar-refractivity contribution is 6.07. The van der Waals surface area contributed by atoms with Gasteiger partial charge < -0.3 is 10.2 Å². The molecule has 1 aliphatic heterocycles. The van der Waals surface area contributed by atoms with E-state index in [0.717, 1.165) is 40.7 Å². The standard InChI is InChI=1S/C25H30N4O/c1-18-9-10-23-21(15-18)22(16-24(28-23)20-8-5-11-26-17-20)25(30)27-12-6-14-29-13-4-3-7-19(29)2/h5,8-11,15-17,19H,3-4,6-7,12-14H2,1-2H3,(H,27,30). The second kappa shape index (κ2) is 9.35. The number of carbonyl (C=O) groups excluding carboxylic acids is 1. The first-order valence-electron chi connectivity index (χ1n) is 11.0. The van der Waals surface area contributed by atoms with E-state index in [9.17, 15) is 4.79 Å². The van der Waals surface area contributed by atoms with Gasteiger partial charge in [0.15, 0.2) is 0 Å². The molecule has 2 aromatic heterocycles. The fraction of sp³-hybridized carbons (Fsp3) is 0.400. The molecule has 0 saturated carbocycles. The number of piperidine rings is 1. The third-order valence-electron chi connectivity index (χ3n) is 6.01. The van der Waals surface area contributed by atoms with Gasteiger partial charge in [0.25, 0.3) is 5.91 Å². The number of pyridine rings is 2. The van der Waals surface area contributed by atoms with Gasteiger partial charge in [-0.05, 0) is 70.0 Å². The number of fused-ring (bicyclic) bond motifs is 1. The summed E-state index contributed by atoms with van der Waals surface area (Å²) in [7, 11) is 0. The van der Waals surface area contributed by atoms with E-state index in [2.05, 4.69) is 22.1 Å². The number of amides is 1. The molecule has 1 fully saturated rings. The van der Waals surface area contributed by atoms with Crippen LogP contribution in [0.2, 0.25) is 0 Å². The SMILES string of the molecule is Cc1ccc2nc(-c3cccnc3)cc(C(=O)NCCCN3CCCCC3C)c2c1. The van der Waals surface area contributed by atoms with Crippen molar-refractivity contribution in [2.24, 2.45) is 0 Å². The van der Waals surface area contributed by atoms with Crippen LogP contribution in [0.3, 0.4) is 0 Å². The fourth-order valence-corrected chi connectivity index (χ4v) is 4.26. The number of benzene rings is 1. The van der Waals surface area contributed by atoms with Gasteiger partial charge in [0.1, 0.15) is 0 Å². The molecule has 3 aromatic rings. The van der Waals surface area contributed by atoms with E-state index >= 15 is 0 Å². The lowest BCUT2D eigenvalue weighted by atomic mass is 10.0. The first kappa shape index (κ1) is 20.5. The van der Waals surface area contributed by atoms with Gasteiger partial charge in [-0.15, -0.1) is 0 Å². The number of nitrogens with one attached hydrogen (secondary N) is 1. The Morgan fingerprint density at radius 1 is 1.23 bits per heavy atom. The van der Waals surface area contributed by atoms with Gasteiger partial charge >= 0.3 is 0 Å². The molecule has 0 aliphatic carbocycles. The number of hydrogen-bond donors (Lipinski definition) is 1. The lowest BCUT2D eigenvalue weighted by molar-refractivity contribution is 0.0950. The minimum atomic E-state index is -0.0372. The van der Waals surface area contributed by atoms with E-state index in [1.165, 1.54) is 25.8 Å². The Morgan fingerprint density at radius 3 is 2.93 bits per heavy atom. The minimum Gasteiger partial charge on any atom is -0.352 e. The van der Waals surface area contributed by atoms with Crippen LogP contribution in [-0.2, 0) is 0 Å². The molecule has 30 heavy (non-hydrogen) atoms. The van der Waals surface area contributed by atoms with Crippen LogP contribution in [0, 0.1) is 6.92 Å². The Morgan fingerprint density at radius 2 is 2.13 bits per heavy atom. The van der Waals surface area contributed by atoms with E-state index in [1.807, 2.05) is 43.3 Å². The molecule has 156 valence electrons. The first-order chi connectivity index (χ1) is 14.6. The zero-order chi connectivity index (χ0) is 20.9. The molecule has 1 amide bonds. The average Bonchev–Trinajstić information content (AvgIpc) is 2.77. The van der Waals surface area contributed by atoms with E-state index < -0.39 is 0 Å². The highest BCUT2D eigenvalue weighted by Crippen LogP contribution is 2.25. The van der Waals surface area contributed by atoms with E-state index in [0.29, 0.717) is 18.2 Å². The summed E-state index contributed by atoms with van der Waals surface area (Å²) in [5, 5.41) is 4.03. The Hall–Kier alpha value is -2.79. The summed E-state index contributed by atoms with van der Waals surface area (Å²) < 4.78 is 0. The molecule has 5 heteroatoms. The van der Waals surface area contributed by atoms with Gasteiger partial charge in [-0.2, -0.15) is 0 Å². The second-order valence-electron chi connectivity index (χ2n) is 8.31. The summed E-state index contributed by atoms with van der Waals surface area (Å²) in [5.74, 6) is -0.0372. The summed E-state index contributed by atoms with van der Waals surface area (Å²) in [6.45, 7) is 7.25. The number of aromatic nitrogens is 2. The van der Waals surface area contributed by atoms with Crippen molar-refractivity contribution in [1.82, 2.24) is 20.2 Å². The van der Waals surface area contributed by atoms with Gasteiger partial charge in [-0.25, -0.2) is 4.98 Å². The highest BCUT2D eigenvalue weighted by atomic mass is 16.1. The van der Waals surface area contributed by atoms with Gasteiger partial charge in [0.2, 0.25) is 0 Å². The van der Waals surface area contributed by atoms with Crippen molar-refractivity contribution >= 4 is 16.8 Å². The number of carbonyl (C=O) groups is 1. The van der Waals surface area contributed by atoms with Crippen molar-refractivity contribution < 1.29 is 4.79 Å². The van der Waals surface area contributed by atoms with Crippen molar-refractivity contribution in [2.75, 3.05) is 19.6 Å². The van der Waals surface area contributed by atoms with Gasteiger partial charge in [-0.3, -0.25) is 9.78 Å². The van der Waals surface area contributed by atoms with Crippen LogP contribution in [0.1, 0.15) is 48.5 Å². The molecule has 1 aliphatic rings. The first-order valence-corrected chi connectivity index (χ1v) is 11.0. The molecule has 5 nitrogen and oxygen atoms in total. The van der Waals surface area contributed by atoms with Crippen LogP contribution in [-0.4, -0.2) is 46.5 Å². The molecule has 1 saturated heterocycles. The van der Waals surface area contributed by atoms with E-state index in [1.54, 1.807) is 12.4 Å². The minimum absolute atomic E-state index is 0.0372. The van der Waals surface area contributed by atoms with Gasteiger partial charge in [0, 0.05) is 42.5 Å². The number of aryl methyl sites for hydroxylation is 1. The lowest BCUT2D eigenvalue weighted by Gasteiger charge is -2.33. The van der Waals surface area contributed by atoms with Crippen LogP contribution in [0.15, 0.2) is 48.8 Å². The van der Waals surface area contributed by atoms with Gasteiger partial charge in [-0.1, -0.05) is 18.1 Å². The van der Waals surface area contributed by atoms with E-state index in [4.69, 9.17) is 4.98 Å². The Kier molecular flexibility index (Phi) is 6.38. The van der Waals surface area contributed by atoms with Crippen molar-refractivity contribution in [2.45, 2.75) is 45.6 Å². The normalized spacial score (nSPS) is 17.2. The zero-order valence-electron chi connectivity index (χ0n) is 17.9. The predicted octanol–water partition coefficient (Wildman–Crippen LogP) is 4.60. The highest BCUT2D eigenvalue weighted by Gasteiger charge is 2.18. The third-order valence-corrected chi connectivity index (χ3v) is 6.01. The number of likely N-dealkylation sites (tertiary alicyclic amines) is 1. The molecule has 0 radical (unpaired) electrons. The van der Waals surface area contributed by atoms with Crippen molar-refractivity contribution in [3.63, 3.8) is 0 Å². The Labute approximate surface area is 178 Å². The fourth-order valence-electron chi connectivity index (χ4n) is 4.26. The Balaban J connectivity index is 1.51. The van der Waals surface area contributed by atoms with Crippen LogP contribution in [0.4, 0.5) is 0 Å². The molecular formula is C25H30N4O. The maximum Gasteiger partial charge on any atom is 0.252 e. The molecule has 4 rings (SSSR count). The van der Waals surface area contributed by atoms with Crippen LogP contribution >= 0.6 is 0 Å². The zero-order valence-corrected chi connectivity index (χ0v) is 17.9. The molecule has 1 atom stereocenters. The monoisotopic (exact) mass is 402 g/mol. The molecule has 0 bridgehead atoms. The molecule has 0 spiro atoms. The maximum absolute atomic E-state index is 13.1. The maximum atomic E-state index is 13.1. The summed E-state index contributed by atoms with van der Waals surface area (Å²) in [4.78, 5) is 24.6. The molecule has 3 heterocycles. The van der Waals surface area contributed by atoms with Crippen molar-refractivity contribution in [3.8, 4) is 11.3 Å². The van der Waals surface area contributed by atoms with Crippen LogP contribution in [0.5, 0.6) is 0 Å². The molecule has 1 N–H and O–H groups in total. The van der Waals surface area contributed by atoms with Gasteiger partial charge in [0.05, 0.1) is 16.8 Å². The summed E-state index contributed by atoms with van der Waals surface area (Å²) in [6, 6.07) is 12.5. The lowest BCUT2D eigenvalue weighted by Crippen LogP contribution is -2.39. The Bertz CT molecular complexity index is 1020. The summed E-state index contributed by atoms with van der Waals surface area (Å²) >= 11 is 0. The smallest absolute Gasteiger partial charge is 0.252 e. The average molecular weight is 403 g/mol. The summed E-state index contributed by atoms with van der Waals surface area (Å²) in [5.41, 5.74) is 4.30. The van der Waals surface area contributed by atoms with Crippen LogP contribution in [0.25, 0.3) is 22.2 Å². The van der Waals surface area contributed by atoms with E-state index in [-0.39, 0.29) is 5.91 Å². The van der Waals surface area contributed by atoms with Crippen molar-refractivity contribution in [3.05, 3.63) is 59.9 Å². The second-order valence-corrected chi connectivity index (χ2v) is 8.31. The number of rotatable bonds is 6.